The van der Waals surface area contributed by atoms with Crippen molar-refractivity contribution in [1.29, 1.82) is 0 Å². The molecule has 2 N–H and O–H groups in total. The lowest BCUT2D eigenvalue weighted by molar-refractivity contribution is 0.354. The summed E-state index contributed by atoms with van der Waals surface area (Å²) in [6, 6.07) is 18.4. The van der Waals surface area contributed by atoms with Crippen LogP contribution in [0.25, 0.3) is 0 Å². The summed E-state index contributed by atoms with van der Waals surface area (Å²) in [7, 11) is 0. The fourth-order valence-electron chi connectivity index (χ4n) is 4.50. The largest absolute Gasteiger partial charge is 0.362 e. The van der Waals surface area contributed by atoms with Gasteiger partial charge >= 0.3 is 0 Å². The summed E-state index contributed by atoms with van der Waals surface area (Å²) in [5.74, 6) is 1.60. The van der Waals surface area contributed by atoms with Crippen molar-refractivity contribution >= 4 is 17.3 Å². The minimum Gasteiger partial charge on any atom is -0.362 e. The van der Waals surface area contributed by atoms with Crippen LogP contribution in [0, 0.1) is 5.92 Å². The molecule has 2 aromatic rings. The number of benzene rings is 2. The number of rotatable bonds is 3. The zero-order chi connectivity index (χ0) is 16.7. The lowest BCUT2D eigenvalue weighted by Crippen LogP contribution is -2.44. The van der Waals surface area contributed by atoms with Gasteiger partial charge in [0.2, 0.25) is 0 Å². The Balaban J connectivity index is 1.63. The van der Waals surface area contributed by atoms with Crippen molar-refractivity contribution < 1.29 is 0 Å². The van der Waals surface area contributed by atoms with Gasteiger partial charge in [0, 0.05) is 24.4 Å². The molecule has 3 aliphatic carbocycles. The first-order chi connectivity index (χ1) is 11.6. The summed E-state index contributed by atoms with van der Waals surface area (Å²) in [5, 5.41) is 7.51. The molecule has 0 aromatic heterocycles. The molecule has 5 rings (SSSR count). The highest BCUT2D eigenvalue weighted by Gasteiger charge is 2.42. The topological polar surface area (TPSA) is 24.1 Å². The van der Waals surface area contributed by atoms with Gasteiger partial charge in [-0.3, -0.25) is 0 Å². The van der Waals surface area contributed by atoms with Crippen molar-refractivity contribution in [3.63, 3.8) is 0 Å². The summed E-state index contributed by atoms with van der Waals surface area (Å²) >= 11 is 5.42. The molecule has 1 atom stereocenters. The molecule has 24 heavy (non-hydrogen) atoms. The van der Waals surface area contributed by atoms with Crippen molar-refractivity contribution in [3.8, 4) is 0 Å². The van der Waals surface area contributed by atoms with Gasteiger partial charge in [0.1, 0.15) is 0 Å². The maximum absolute atomic E-state index is 5.42. The van der Waals surface area contributed by atoms with E-state index in [4.69, 9.17) is 12.2 Å². The predicted octanol–water partition coefficient (Wildman–Crippen LogP) is 4.16. The lowest BCUT2D eigenvalue weighted by Gasteiger charge is -2.45. The van der Waals surface area contributed by atoms with Gasteiger partial charge in [0.25, 0.3) is 0 Å². The van der Waals surface area contributed by atoms with Crippen molar-refractivity contribution in [2.24, 2.45) is 5.92 Å². The minimum absolute atomic E-state index is 0.370. The Morgan fingerprint density at radius 1 is 1.00 bits per heavy atom. The molecule has 0 saturated carbocycles. The molecular weight excluding hydrogens is 312 g/mol. The van der Waals surface area contributed by atoms with Crippen LogP contribution in [0.1, 0.15) is 54.4 Å². The fourth-order valence-corrected chi connectivity index (χ4v) is 4.82. The normalized spacial score (nSPS) is 23.5. The molecule has 0 saturated heterocycles. The average Bonchev–Trinajstić information content (AvgIpc) is 2.59. The van der Waals surface area contributed by atoms with Gasteiger partial charge in [-0.05, 0) is 60.7 Å². The highest BCUT2D eigenvalue weighted by atomic mass is 32.1. The molecule has 0 amide bonds. The quantitative estimate of drug-likeness (QED) is 0.823. The van der Waals surface area contributed by atoms with E-state index in [2.05, 4.69) is 73.0 Å². The van der Waals surface area contributed by atoms with E-state index in [1.807, 2.05) is 0 Å². The number of thiocarbonyl (C=S) groups is 1. The number of nitrogens with one attached hydrogen (secondary N) is 2. The van der Waals surface area contributed by atoms with Crippen LogP contribution in [-0.2, 0) is 0 Å². The molecule has 124 valence electrons. The van der Waals surface area contributed by atoms with Gasteiger partial charge in [-0.2, -0.15) is 0 Å². The van der Waals surface area contributed by atoms with Crippen LogP contribution in [-0.4, -0.2) is 17.7 Å². The third-order valence-electron chi connectivity index (χ3n) is 5.37. The first kappa shape index (κ1) is 15.6. The minimum atomic E-state index is 0.370. The highest BCUT2D eigenvalue weighted by Crippen LogP contribution is 2.54. The summed E-state index contributed by atoms with van der Waals surface area (Å²) in [6.45, 7) is 5.16. The van der Waals surface area contributed by atoms with E-state index in [9.17, 15) is 0 Å². The molecular formula is C21H24N2S. The van der Waals surface area contributed by atoms with Crippen LogP contribution >= 0.6 is 12.2 Å². The Morgan fingerprint density at radius 3 is 2.08 bits per heavy atom. The molecule has 2 bridgehead atoms. The van der Waals surface area contributed by atoms with E-state index in [-0.39, 0.29) is 0 Å². The van der Waals surface area contributed by atoms with E-state index in [1.165, 1.54) is 28.7 Å². The predicted molar refractivity (Wildman–Crippen MR) is 104 cm³/mol. The highest BCUT2D eigenvalue weighted by molar-refractivity contribution is 7.80. The van der Waals surface area contributed by atoms with Gasteiger partial charge in [-0.1, -0.05) is 48.5 Å². The van der Waals surface area contributed by atoms with E-state index >= 15 is 0 Å². The maximum Gasteiger partial charge on any atom is 0.166 e. The summed E-state index contributed by atoms with van der Waals surface area (Å²) < 4.78 is 0. The van der Waals surface area contributed by atoms with Gasteiger partial charge in [0.15, 0.2) is 5.11 Å². The Bertz CT molecular complexity index is 720. The van der Waals surface area contributed by atoms with E-state index in [1.54, 1.807) is 0 Å². The van der Waals surface area contributed by atoms with Crippen LogP contribution in [0.3, 0.4) is 0 Å². The number of fused-ring (bicyclic) bond motifs is 1. The molecule has 3 heteroatoms. The molecule has 0 aliphatic heterocycles. The van der Waals surface area contributed by atoms with Crippen molar-refractivity contribution in [2.45, 2.75) is 38.1 Å². The van der Waals surface area contributed by atoms with Crippen LogP contribution in [0.2, 0.25) is 0 Å². The summed E-state index contributed by atoms with van der Waals surface area (Å²) in [5.41, 5.74) is 6.09. The van der Waals surface area contributed by atoms with E-state index in [0.29, 0.717) is 23.8 Å². The zero-order valence-electron chi connectivity index (χ0n) is 14.3. The maximum atomic E-state index is 5.42. The first-order valence-corrected chi connectivity index (χ1v) is 9.28. The van der Waals surface area contributed by atoms with Gasteiger partial charge < -0.3 is 10.6 Å². The second-order valence-corrected chi connectivity index (χ2v) is 7.70. The third kappa shape index (κ3) is 2.61. The Hall–Kier alpha value is -1.87. The van der Waals surface area contributed by atoms with Gasteiger partial charge in [0.05, 0.1) is 0 Å². The smallest absolute Gasteiger partial charge is 0.166 e. The summed E-state index contributed by atoms with van der Waals surface area (Å²) in [6.07, 6.45) is 1.20. The van der Waals surface area contributed by atoms with Gasteiger partial charge in [-0.25, -0.2) is 0 Å². The molecule has 0 spiro atoms. The second kappa shape index (κ2) is 6.21. The van der Waals surface area contributed by atoms with Gasteiger partial charge in [-0.15, -0.1) is 0 Å². The monoisotopic (exact) mass is 336 g/mol. The van der Waals surface area contributed by atoms with Crippen LogP contribution < -0.4 is 10.6 Å². The Labute approximate surface area is 149 Å². The number of hydrogen-bond donors (Lipinski definition) is 2. The number of hydrogen-bond acceptors (Lipinski definition) is 1. The second-order valence-electron chi connectivity index (χ2n) is 7.29. The Kier molecular flexibility index (Phi) is 4.05. The molecule has 0 fully saturated rings. The Morgan fingerprint density at radius 2 is 1.54 bits per heavy atom. The van der Waals surface area contributed by atoms with Crippen molar-refractivity contribution in [3.05, 3.63) is 70.8 Å². The van der Waals surface area contributed by atoms with E-state index in [0.717, 1.165) is 11.7 Å². The molecule has 0 radical (unpaired) electrons. The zero-order valence-corrected chi connectivity index (χ0v) is 15.1. The molecule has 0 heterocycles. The van der Waals surface area contributed by atoms with Crippen molar-refractivity contribution in [2.75, 3.05) is 6.54 Å². The first-order valence-electron chi connectivity index (χ1n) is 8.87. The molecule has 2 nitrogen and oxygen atoms in total. The molecule has 3 aliphatic rings. The fraction of sp³-hybridized carbons (Fsp3) is 0.381. The lowest BCUT2D eigenvalue weighted by atomic mass is 9.59. The SMILES string of the molecule is CC(C)NC(=S)NC[C@@H]1CC2c3ccccc3C1c1ccccc12. The van der Waals surface area contributed by atoms with Crippen LogP contribution in [0.4, 0.5) is 0 Å². The average molecular weight is 337 g/mol. The molecule has 0 unspecified atom stereocenters. The molecule has 2 aromatic carbocycles. The van der Waals surface area contributed by atoms with E-state index < -0.39 is 0 Å². The van der Waals surface area contributed by atoms with Crippen LogP contribution in [0.15, 0.2) is 48.5 Å². The van der Waals surface area contributed by atoms with Crippen molar-refractivity contribution in [1.82, 2.24) is 10.6 Å². The van der Waals surface area contributed by atoms with Crippen LogP contribution in [0.5, 0.6) is 0 Å². The standard InChI is InChI=1S/C21H24N2S/c1-13(2)23-21(24)22-12-14-11-19-15-7-3-5-9-17(15)20(14)18-10-6-4-8-16(18)19/h3-10,13-14,19-20H,11-12H2,1-2H3,(H2,22,23,24)/t14-,19?,20?/m0/s1. The third-order valence-corrected chi connectivity index (χ3v) is 5.63. The summed E-state index contributed by atoms with van der Waals surface area (Å²) in [4.78, 5) is 0.